The topological polar surface area (TPSA) is 59.8 Å². The van der Waals surface area contributed by atoms with Gasteiger partial charge < -0.3 is 5.32 Å². The number of nitrogens with one attached hydrogen (secondary N) is 1. The normalized spacial score (nSPS) is 10.5. The molecule has 0 aliphatic rings. The number of aryl methyl sites for hydroxylation is 1. The Hall–Kier alpha value is -2.95. The first-order chi connectivity index (χ1) is 11.1. The van der Waals surface area contributed by atoms with Gasteiger partial charge in [-0.15, -0.1) is 0 Å². The molecule has 3 rings (SSSR count). The number of nitrogens with zero attached hydrogens (tertiary/aromatic N) is 3. The molecule has 0 aliphatic carbocycles. The first kappa shape index (κ1) is 15.0. The molecule has 5 heteroatoms. The third-order valence-electron chi connectivity index (χ3n) is 3.78. The second kappa shape index (κ2) is 6.44. The fourth-order valence-corrected chi connectivity index (χ4v) is 2.38. The van der Waals surface area contributed by atoms with Crippen molar-refractivity contribution in [3.05, 3.63) is 66.1 Å². The number of amides is 1. The van der Waals surface area contributed by atoms with Crippen LogP contribution in [0.4, 0.5) is 5.82 Å². The summed E-state index contributed by atoms with van der Waals surface area (Å²) in [4.78, 5) is 16.3. The lowest BCUT2D eigenvalue weighted by atomic mass is 10.1. The minimum absolute atomic E-state index is 0.0750. The van der Waals surface area contributed by atoms with E-state index in [1.54, 1.807) is 6.20 Å². The van der Waals surface area contributed by atoms with Gasteiger partial charge in [-0.25, -0.2) is 4.98 Å². The predicted molar refractivity (Wildman–Crippen MR) is 90.0 cm³/mol. The molecule has 0 spiro atoms. The molecule has 3 aromatic rings. The molecule has 0 bridgehead atoms. The van der Waals surface area contributed by atoms with Crippen molar-refractivity contribution in [1.29, 1.82) is 0 Å². The third-order valence-corrected chi connectivity index (χ3v) is 3.78. The molecule has 5 nitrogen and oxygen atoms in total. The Morgan fingerprint density at radius 1 is 1.13 bits per heavy atom. The monoisotopic (exact) mass is 306 g/mol. The number of carbonyl (C=O) groups is 1. The van der Waals surface area contributed by atoms with Crippen molar-refractivity contribution in [3.63, 3.8) is 0 Å². The van der Waals surface area contributed by atoms with Crippen LogP contribution in [-0.2, 0) is 18.3 Å². The van der Waals surface area contributed by atoms with E-state index >= 15 is 0 Å². The average Bonchev–Trinajstić information content (AvgIpc) is 2.89. The van der Waals surface area contributed by atoms with Crippen molar-refractivity contribution in [2.24, 2.45) is 7.05 Å². The lowest BCUT2D eigenvalue weighted by Crippen LogP contribution is -2.15. The molecule has 1 amide bonds. The quantitative estimate of drug-likeness (QED) is 0.806. The number of rotatable bonds is 4. The maximum absolute atomic E-state index is 12.0. The van der Waals surface area contributed by atoms with Crippen LogP contribution in [0.15, 0.2) is 54.9 Å². The Labute approximate surface area is 135 Å². The van der Waals surface area contributed by atoms with Gasteiger partial charge in [0, 0.05) is 30.1 Å². The van der Waals surface area contributed by atoms with Crippen molar-refractivity contribution >= 4 is 11.7 Å². The zero-order valence-corrected chi connectivity index (χ0v) is 13.2. The van der Waals surface area contributed by atoms with Gasteiger partial charge in [0.25, 0.3) is 0 Å². The molecule has 0 aliphatic heterocycles. The smallest absolute Gasteiger partial charge is 0.229 e. The molecule has 0 radical (unpaired) electrons. The van der Waals surface area contributed by atoms with E-state index in [9.17, 15) is 4.79 Å². The molecule has 1 N–H and O–H groups in total. The van der Waals surface area contributed by atoms with Crippen molar-refractivity contribution in [2.45, 2.75) is 13.3 Å². The number of benzene rings is 1. The molecule has 0 fully saturated rings. The number of hydrogen-bond acceptors (Lipinski definition) is 3. The van der Waals surface area contributed by atoms with Crippen LogP contribution in [0.3, 0.4) is 0 Å². The van der Waals surface area contributed by atoms with E-state index in [0.717, 1.165) is 22.4 Å². The Morgan fingerprint density at radius 3 is 2.52 bits per heavy atom. The van der Waals surface area contributed by atoms with Gasteiger partial charge >= 0.3 is 0 Å². The van der Waals surface area contributed by atoms with Crippen LogP contribution >= 0.6 is 0 Å². The number of anilines is 1. The summed E-state index contributed by atoms with van der Waals surface area (Å²) >= 11 is 0. The van der Waals surface area contributed by atoms with Gasteiger partial charge in [-0.2, -0.15) is 5.10 Å². The number of aromatic nitrogens is 3. The van der Waals surface area contributed by atoms with Crippen molar-refractivity contribution in [2.75, 3.05) is 5.32 Å². The van der Waals surface area contributed by atoms with Crippen LogP contribution in [0.2, 0.25) is 0 Å². The second-order valence-corrected chi connectivity index (χ2v) is 5.41. The van der Waals surface area contributed by atoms with E-state index < -0.39 is 0 Å². The first-order valence-corrected chi connectivity index (χ1v) is 7.42. The first-order valence-electron chi connectivity index (χ1n) is 7.42. The Morgan fingerprint density at radius 2 is 1.91 bits per heavy atom. The Kier molecular flexibility index (Phi) is 4.19. The van der Waals surface area contributed by atoms with Crippen LogP contribution in [0.25, 0.3) is 11.1 Å². The lowest BCUT2D eigenvalue weighted by molar-refractivity contribution is -0.115. The largest absolute Gasteiger partial charge is 0.310 e. The Balaban J connectivity index is 1.68. The van der Waals surface area contributed by atoms with Crippen LogP contribution in [0.1, 0.15) is 11.3 Å². The number of pyridine rings is 1. The summed E-state index contributed by atoms with van der Waals surface area (Å²) in [5.41, 5.74) is 4.08. The predicted octanol–water partition coefficient (Wildman–Crippen LogP) is 2.97. The molecule has 0 atom stereocenters. The van der Waals surface area contributed by atoms with Gasteiger partial charge in [0.15, 0.2) is 0 Å². The molecule has 116 valence electrons. The zero-order valence-electron chi connectivity index (χ0n) is 13.2. The van der Waals surface area contributed by atoms with Crippen molar-refractivity contribution in [3.8, 4) is 11.1 Å². The maximum Gasteiger partial charge on any atom is 0.229 e. The van der Waals surface area contributed by atoms with E-state index in [0.29, 0.717) is 12.2 Å². The van der Waals surface area contributed by atoms with Gasteiger partial charge in [0.1, 0.15) is 5.82 Å². The van der Waals surface area contributed by atoms with Crippen LogP contribution in [0.5, 0.6) is 0 Å². The molecular formula is C18H18N4O. The lowest BCUT2D eigenvalue weighted by Gasteiger charge is -2.06. The average molecular weight is 306 g/mol. The third kappa shape index (κ3) is 3.45. The molecular weight excluding hydrogens is 288 g/mol. The summed E-state index contributed by atoms with van der Waals surface area (Å²) in [6, 6.07) is 13.4. The summed E-state index contributed by atoms with van der Waals surface area (Å²) < 4.78 is 1.82. The van der Waals surface area contributed by atoms with E-state index in [1.807, 2.05) is 67.3 Å². The van der Waals surface area contributed by atoms with Gasteiger partial charge in [0.2, 0.25) is 5.91 Å². The summed E-state index contributed by atoms with van der Waals surface area (Å²) in [6.45, 7) is 2.01. The SMILES string of the molecule is Cc1c(-c2ccc(NC(=O)Cc3ccccc3)nc2)cnn1C. The molecule has 0 unspecified atom stereocenters. The zero-order chi connectivity index (χ0) is 16.2. The fourth-order valence-electron chi connectivity index (χ4n) is 2.38. The summed E-state index contributed by atoms with van der Waals surface area (Å²) in [5, 5.41) is 7.05. The number of hydrogen-bond donors (Lipinski definition) is 1. The summed E-state index contributed by atoms with van der Waals surface area (Å²) in [5.74, 6) is 0.477. The highest BCUT2D eigenvalue weighted by molar-refractivity contribution is 5.91. The molecule has 23 heavy (non-hydrogen) atoms. The molecule has 1 aromatic carbocycles. The standard InChI is InChI=1S/C18H18N4O/c1-13-16(12-20-22(13)2)15-8-9-17(19-11-15)21-18(23)10-14-6-4-3-5-7-14/h3-9,11-12H,10H2,1-2H3,(H,19,21,23). The Bertz CT molecular complexity index is 807. The van der Waals surface area contributed by atoms with E-state index in [2.05, 4.69) is 15.4 Å². The minimum atomic E-state index is -0.0750. The number of carbonyl (C=O) groups excluding carboxylic acids is 1. The highest BCUT2D eigenvalue weighted by atomic mass is 16.1. The van der Waals surface area contributed by atoms with Crippen molar-refractivity contribution < 1.29 is 4.79 Å². The fraction of sp³-hybridized carbons (Fsp3) is 0.167. The molecule has 0 saturated carbocycles. The van der Waals surface area contributed by atoms with Crippen LogP contribution in [-0.4, -0.2) is 20.7 Å². The van der Waals surface area contributed by atoms with Crippen LogP contribution < -0.4 is 5.32 Å². The van der Waals surface area contributed by atoms with Gasteiger partial charge in [-0.05, 0) is 24.6 Å². The minimum Gasteiger partial charge on any atom is -0.310 e. The molecule has 2 aromatic heterocycles. The summed E-state index contributed by atoms with van der Waals surface area (Å²) in [6.07, 6.45) is 3.91. The summed E-state index contributed by atoms with van der Waals surface area (Å²) in [7, 11) is 1.91. The second-order valence-electron chi connectivity index (χ2n) is 5.41. The van der Waals surface area contributed by atoms with Gasteiger partial charge in [-0.1, -0.05) is 30.3 Å². The van der Waals surface area contributed by atoms with Crippen LogP contribution in [0, 0.1) is 6.92 Å². The highest BCUT2D eigenvalue weighted by Crippen LogP contribution is 2.22. The van der Waals surface area contributed by atoms with E-state index in [-0.39, 0.29) is 5.91 Å². The molecule has 0 saturated heterocycles. The highest BCUT2D eigenvalue weighted by Gasteiger charge is 2.08. The van der Waals surface area contributed by atoms with Gasteiger partial charge in [-0.3, -0.25) is 9.48 Å². The molecule has 2 heterocycles. The van der Waals surface area contributed by atoms with E-state index in [1.165, 1.54) is 0 Å². The van der Waals surface area contributed by atoms with Crippen molar-refractivity contribution in [1.82, 2.24) is 14.8 Å². The van der Waals surface area contributed by atoms with E-state index in [4.69, 9.17) is 0 Å². The maximum atomic E-state index is 12.0. The van der Waals surface area contributed by atoms with Gasteiger partial charge in [0.05, 0.1) is 12.6 Å².